The number of nitrogens with zero attached hydrogens (tertiary/aromatic N) is 5. The van der Waals surface area contributed by atoms with Crippen molar-refractivity contribution in [1.29, 1.82) is 5.26 Å². The molecule has 4 aromatic rings. The molecule has 8 nitrogen and oxygen atoms in total. The van der Waals surface area contributed by atoms with Gasteiger partial charge in [0.2, 0.25) is 0 Å². The van der Waals surface area contributed by atoms with Crippen LogP contribution in [0.15, 0.2) is 47.7 Å². The Kier molecular flexibility index (Phi) is 5.07. The number of pyridine rings is 2. The summed E-state index contributed by atoms with van der Waals surface area (Å²) in [5.41, 5.74) is 4.34. The lowest BCUT2D eigenvalue weighted by Crippen LogP contribution is -2.36. The summed E-state index contributed by atoms with van der Waals surface area (Å²) >= 11 is 0. The standard InChI is InChI=1S/C26H26N6O2/c27-16-26(7-10-34-11-8-26)17-31-22-13-20(19-12-18-6-9-28-23(18)29-14-19)15-30-24(22)32(25(31)33)21-4-2-1-3-5-21/h4,6,9,12-15H,1-3,5,7-8,10-11,17H2,(H,28,29). The van der Waals surface area contributed by atoms with E-state index in [0.29, 0.717) is 38.2 Å². The van der Waals surface area contributed by atoms with Gasteiger partial charge >= 0.3 is 5.69 Å². The molecule has 1 N–H and O–H groups in total. The predicted octanol–water partition coefficient (Wildman–Crippen LogP) is 4.48. The number of aromatic nitrogens is 5. The fourth-order valence-corrected chi connectivity index (χ4v) is 5.19. The second kappa shape index (κ2) is 8.26. The average molecular weight is 455 g/mol. The van der Waals surface area contributed by atoms with Gasteiger partial charge < -0.3 is 9.72 Å². The molecule has 0 atom stereocenters. The van der Waals surface area contributed by atoms with Crippen molar-refractivity contribution < 1.29 is 4.74 Å². The average Bonchev–Trinajstić information content (AvgIpc) is 3.47. The van der Waals surface area contributed by atoms with E-state index in [2.05, 4.69) is 28.2 Å². The molecule has 0 aromatic carbocycles. The summed E-state index contributed by atoms with van der Waals surface area (Å²) in [6.07, 6.45) is 12.9. The van der Waals surface area contributed by atoms with Crippen LogP contribution < -0.4 is 5.69 Å². The molecule has 1 aliphatic carbocycles. The highest BCUT2D eigenvalue weighted by molar-refractivity contribution is 5.85. The molecule has 0 bridgehead atoms. The van der Waals surface area contributed by atoms with E-state index in [0.717, 1.165) is 59.1 Å². The van der Waals surface area contributed by atoms with Crippen molar-refractivity contribution in [3.63, 3.8) is 0 Å². The maximum absolute atomic E-state index is 13.8. The normalized spacial score (nSPS) is 18.1. The minimum atomic E-state index is -0.621. The SMILES string of the molecule is N#CC1(Cn2c(=O)n(C3=CCCCC3)c3ncc(-c4cnc5[nH]ccc5c4)cc32)CCOCC1. The fraction of sp³-hybridized carbons (Fsp3) is 0.385. The van der Waals surface area contributed by atoms with Crippen LogP contribution in [0.3, 0.4) is 0 Å². The molecule has 0 amide bonds. The molecular formula is C26H26N6O2. The number of H-pyrrole nitrogens is 1. The van der Waals surface area contributed by atoms with Crippen molar-refractivity contribution in [1.82, 2.24) is 24.1 Å². The summed E-state index contributed by atoms with van der Waals surface area (Å²) in [5, 5.41) is 11.1. The number of fused-ring (bicyclic) bond motifs is 2. The number of imidazole rings is 1. The van der Waals surface area contributed by atoms with E-state index in [4.69, 9.17) is 9.72 Å². The molecule has 5 heterocycles. The van der Waals surface area contributed by atoms with Crippen LogP contribution in [0.5, 0.6) is 0 Å². The van der Waals surface area contributed by atoms with Crippen LogP contribution in [0, 0.1) is 16.7 Å². The Morgan fingerprint density at radius 1 is 1.15 bits per heavy atom. The second-order valence-corrected chi connectivity index (χ2v) is 9.36. The molecule has 0 spiro atoms. The highest BCUT2D eigenvalue weighted by Gasteiger charge is 2.35. The summed E-state index contributed by atoms with van der Waals surface area (Å²) < 4.78 is 9.04. The molecule has 4 aromatic heterocycles. The van der Waals surface area contributed by atoms with Gasteiger partial charge in [-0.2, -0.15) is 5.26 Å². The number of allylic oxidation sites excluding steroid dienone is 2. The maximum Gasteiger partial charge on any atom is 0.334 e. The van der Waals surface area contributed by atoms with Crippen molar-refractivity contribution in [2.24, 2.45) is 5.41 Å². The van der Waals surface area contributed by atoms with Crippen LogP contribution in [-0.2, 0) is 11.3 Å². The van der Waals surface area contributed by atoms with Crippen molar-refractivity contribution in [3.8, 4) is 17.2 Å². The lowest BCUT2D eigenvalue weighted by molar-refractivity contribution is 0.0333. The van der Waals surface area contributed by atoms with E-state index in [1.807, 2.05) is 30.7 Å². The molecule has 0 unspecified atom stereocenters. The summed E-state index contributed by atoms with van der Waals surface area (Å²) in [4.78, 5) is 26.2. The summed E-state index contributed by atoms with van der Waals surface area (Å²) in [7, 11) is 0. The second-order valence-electron chi connectivity index (χ2n) is 9.36. The van der Waals surface area contributed by atoms with Crippen molar-refractivity contribution >= 4 is 27.9 Å². The van der Waals surface area contributed by atoms with Gasteiger partial charge in [0.15, 0.2) is 5.65 Å². The first-order chi connectivity index (χ1) is 16.7. The Morgan fingerprint density at radius 3 is 2.76 bits per heavy atom. The lowest BCUT2D eigenvalue weighted by Gasteiger charge is -2.30. The first kappa shape index (κ1) is 20.9. The van der Waals surface area contributed by atoms with E-state index in [-0.39, 0.29) is 5.69 Å². The minimum absolute atomic E-state index is 0.117. The van der Waals surface area contributed by atoms with Gasteiger partial charge in [-0.1, -0.05) is 6.08 Å². The number of hydrogen-bond acceptors (Lipinski definition) is 5. The van der Waals surface area contributed by atoms with Crippen LogP contribution in [0.4, 0.5) is 0 Å². The van der Waals surface area contributed by atoms with Crippen LogP contribution in [0.1, 0.15) is 38.5 Å². The number of rotatable bonds is 4. The van der Waals surface area contributed by atoms with Gasteiger partial charge in [0, 0.05) is 60.6 Å². The van der Waals surface area contributed by atoms with Gasteiger partial charge in [-0.25, -0.2) is 19.3 Å². The molecule has 0 radical (unpaired) electrons. The van der Waals surface area contributed by atoms with Crippen molar-refractivity contribution in [2.75, 3.05) is 13.2 Å². The van der Waals surface area contributed by atoms with Gasteiger partial charge in [0.25, 0.3) is 0 Å². The summed E-state index contributed by atoms with van der Waals surface area (Å²) in [5.74, 6) is 0. The van der Waals surface area contributed by atoms with E-state index in [9.17, 15) is 10.1 Å². The lowest BCUT2D eigenvalue weighted by atomic mass is 9.81. The molecule has 8 heteroatoms. The van der Waals surface area contributed by atoms with Crippen LogP contribution in [0.2, 0.25) is 0 Å². The zero-order valence-electron chi connectivity index (χ0n) is 19.0. The van der Waals surface area contributed by atoms with Gasteiger partial charge in [-0.15, -0.1) is 0 Å². The number of nitriles is 1. The molecule has 1 fully saturated rings. The molecule has 6 rings (SSSR count). The monoisotopic (exact) mass is 454 g/mol. The first-order valence-electron chi connectivity index (χ1n) is 11.9. The minimum Gasteiger partial charge on any atom is -0.381 e. The Morgan fingerprint density at radius 2 is 1.97 bits per heavy atom. The quantitative estimate of drug-likeness (QED) is 0.490. The molecule has 1 saturated heterocycles. The van der Waals surface area contributed by atoms with Crippen molar-refractivity contribution in [3.05, 3.63) is 53.3 Å². The first-order valence-corrected chi connectivity index (χ1v) is 11.9. The van der Waals surface area contributed by atoms with Crippen LogP contribution in [0.25, 0.3) is 39.0 Å². The molecular weight excluding hydrogens is 428 g/mol. The highest BCUT2D eigenvalue weighted by atomic mass is 16.5. The third-order valence-corrected chi connectivity index (χ3v) is 7.21. The third kappa shape index (κ3) is 3.44. The third-order valence-electron chi connectivity index (χ3n) is 7.21. The van der Waals surface area contributed by atoms with Gasteiger partial charge in [-0.3, -0.25) is 4.57 Å². The smallest absolute Gasteiger partial charge is 0.334 e. The number of aromatic amines is 1. The zero-order chi connectivity index (χ0) is 23.1. The van der Waals surface area contributed by atoms with Crippen LogP contribution >= 0.6 is 0 Å². The molecule has 0 saturated carbocycles. The largest absolute Gasteiger partial charge is 0.381 e. The highest BCUT2D eigenvalue weighted by Crippen LogP contribution is 2.34. The van der Waals surface area contributed by atoms with Crippen molar-refractivity contribution in [2.45, 2.75) is 45.1 Å². The zero-order valence-corrected chi connectivity index (χ0v) is 19.0. The number of ether oxygens (including phenoxy) is 1. The van der Waals surface area contributed by atoms with E-state index in [1.54, 1.807) is 9.13 Å². The Bertz CT molecular complexity index is 1510. The van der Waals surface area contributed by atoms with E-state index < -0.39 is 5.41 Å². The topological polar surface area (TPSA) is 102 Å². The molecule has 1 aliphatic heterocycles. The fourth-order valence-electron chi connectivity index (χ4n) is 5.19. The van der Waals surface area contributed by atoms with E-state index in [1.165, 1.54) is 0 Å². The Balaban J connectivity index is 1.53. The van der Waals surface area contributed by atoms with Gasteiger partial charge in [0.1, 0.15) is 5.65 Å². The van der Waals surface area contributed by atoms with Crippen LogP contribution in [-0.4, -0.2) is 37.3 Å². The summed E-state index contributed by atoms with van der Waals surface area (Å²) in [6.45, 7) is 1.42. The van der Waals surface area contributed by atoms with Gasteiger partial charge in [0.05, 0.1) is 17.0 Å². The Labute approximate surface area is 196 Å². The van der Waals surface area contributed by atoms with E-state index >= 15 is 0 Å². The Hall–Kier alpha value is -3.70. The summed E-state index contributed by atoms with van der Waals surface area (Å²) in [6, 6.07) is 8.59. The number of hydrogen-bond donors (Lipinski definition) is 1. The maximum atomic E-state index is 13.8. The molecule has 2 aliphatic rings. The number of nitrogens with one attached hydrogen (secondary N) is 1. The predicted molar refractivity (Wildman–Crippen MR) is 130 cm³/mol. The molecule has 34 heavy (non-hydrogen) atoms. The van der Waals surface area contributed by atoms with Gasteiger partial charge in [-0.05, 0) is 56.7 Å². The molecule has 172 valence electrons.